The number of nitrogens with one attached hydrogen (secondary N) is 2. The van der Waals surface area contributed by atoms with Crippen LogP contribution in [0.1, 0.15) is 40.1 Å². The predicted octanol–water partition coefficient (Wildman–Crippen LogP) is 3.02. The van der Waals surface area contributed by atoms with Crippen molar-refractivity contribution in [3.8, 4) is 5.75 Å². The lowest BCUT2D eigenvalue weighted by Crippen LogP contribution is -2.35. The number of rotatable bonds is 5. The van der Waals surface area contributed by atoms with Gasteiger partial charge in [-0.15, -0.1) is 0 Å². The zero-order valence-corrected chi connectivity index (χ0v) is 15.4. The van der Waals surface area contributed by atoms with Crippen molar-refractivity contribution in [1.82, 2.24) is 10.2 Å². The molecular formula is C20H21N3O4. The van der Waals surface area contributed by atoms with Gasteiger partial charge in [-0.2, -0.15) is 0 Å². The Hall–Kier alpha value is -3.35. The van der Waals surface area contributed by atoms with Gasteiger partial charge in [0.15, 0.2) is 0 Å². The second-order valence-electron chi connectivity index (χ2n) is 6.45. The first kappa shape index (κ1) is 18.4. The summed E-state index contributed by atoms with van der Waals surface area (Å²) in [6, 6.07) is 11.5. The number of hydrogen-bond donors (Lipinski definition) is 2. The largest absolute Gasteiger partial charge is 0.496 e. The van der Waals surface area contributed by atoms with Gasteiger partial charge in [-0.05, 0) is 38.1 Å². The zero-order valence-electron chi connectivity index (χ0n) is 15.4. The molecular weight excluding hydrogens is 346 g/mol. The van der Waals surface area contributed by atoms with Crippen LogP contribution in [0.2, 0.25) is 0 Å². The molecule has 1 aliphatic rings. The number of carbonyl (C=O) groups excluding carboxylic acids is 3. The van der Waals surface area contributed by atoms with Gasteiger partial charge in [0, 0.05) is 23.8 Å². The Balaban J connectivity index is 1.68. The Morgan fingerprint density at radius 2 is 1.78 bits per heavy atom. The van der Waals surface area contributed by atoms with Gasteiger partial charge >= 0.3 is 6.03 Å². The molecule has 1 heterocycles. The number of ether oxygens (including phenoxy) is 1. The monoisotopic (exact) mass is 367 g/mol. The van der Waals surface area contributed by atoms with E-state index in [1.165, 1.54) is 11.0 Å². The second-order valence-corrected chi connectivity index (χ2v) is 6.45. The Morgan fingerprint density at radius 1 is 1.07 bits per heavy atom. The van der Waals surface area contributed by atoms with Gasteiger partial charge in [0.2, 0.25) is 0 Å². The number of amides is 4. The van der Waals surface area contributed by atoms with E-state index in [9.17, 15) is 14.4 Å². The summed E-state index contributed by atoms with van der Waals surface area (Å²) in [5.41, 5.74) is 1.94. The summed E-state index contributed by atoms with van der Waals surface area (Å²) in [5, 5.41) is 5.43. The van der Waals surface area contributed by atoms with Gasteiger partial charge in [0.05, 0.1) is 18.2 Å². The minimum Gasteiger partial charge on any atom is -0.496 e. The van der Waals surface area contributed by atoms with Gasteiger partial charge < -0.3 is 15.4 Å². The smallest absolute Gasteiger partial charge is 0.319 e. The minimum atomic E-state index is -0.418. The van der Waals surface area contributed by atoms with Crippen LogP contribution in [0.5, 0.6) is 5.75 Å². The van der Waals surface area contributed by atoms with E-state index in [1.54, 1.807) is 33.1 Å². The highest BCUT2D eigenvalue weighted by Gasteiger charge is 2.37. The lowest BCUT2D eigenvalue weighted by atomic mass is 10.1. The van der Waals surface area contributed by atoms with Crippen molar-refractivity contribution < 1.29 is 19.1 Å². The zero-order chi connectivity index (χ0) is 19.6. The van der Waals surface area contributed by atoms with Crippen LogP contribution in [0.4, 0.5) is 10.5 Å². The van der Waals surface area contributed by atoms with Gasteiger partial charge in [0.25, 0.3) is 11.8 Å². The molecule has 0 aromatic heterocycles. The van der Waals surface area contributed by atoms with E-state index < -0.39 is 6.03 Å². The Labute approximate surface area is 157 Å². The summed E-state index contributed by atoms with van der Waals surface area (Å²) in [7, 11) is 1.57. The summed E-state index contributed by atoms with van der Waals surface area (Å²) in [4.78, 5) is 38.1. The van der Waals surface area contributed by atoms with Gasteiger partial charge in [-0.3, -0.25) is 14.5 Å². The Morgan fingerprint density at radius 3 is 2.48 bits per heavy atom. The number of anilines is 1. The van der Waals surface area contributed by atoms with Crippen molar-refractivity contribution in [2.24, 2.45) is 0 Å². The summed E-state index contributed by atoms with van der Waals surface area (Å²) < 4.78 is 5.25. The number of fused-ring (bicyclic) bond motifs is 1. The van der Waals surface area contributed by atoms with E-state index in [2.05, 4.69) is 10.6 Å². The molecule has 2 aromatic carbocycles. The normalized spacial score (nSPS) is 13.0. The number of para-hydroxylation sites is 1. The van der Waals surface area contributed by atoms with Gasteiger partial charge in [0.1, 0.15) is 5.75 Å². The molecule has 0 bridgehead atoms. The lowest BCUT2D eigenvalue weighted by Gasteiger charge is -2.17. The third-order valence-corrected chi connectivity index (χ3v) is 4.32. The minimum absolute atomic E-state index is 0.224. The maximum Gasteiger partial charge on any atom is 0.319 e. The molecule has 2 aromatic rings. The van der Waals surface area contributed by atoms with Gasteiger partial charge in [-0.25, -0.2) is 4.79 Å². The third kappa shape index (κ3) is 3.62. The van der Waals surface area contributed by atoms with Crippen molar-refractivity contribution in [2.75, 3.05) is 12.4 Å². The van der Waals surface area contributed by atoms with E-state index in [0.29, 0.717) is 29.1 Å². The van der Waals surface area contributed by atoms with Crippen LogP contribution in [0.3, 0.4) is 0 Å². The fourth-order valence-electron chi connectivity index (χ4n) is 3.01. The van der Waals surface area contributed by atoms with E-state index in [0.717, 1.165) is 5.56 Å². The molecule has 7 heteroatoms. The highest BCUT2D eigenvalue weighted by atomic mass is 16.5. The van der Waals surface area contributed by atoms with Crippen LogP contribution < -0.4 is 15.4 Å². The molecule has 1 aliphatic heterocycles. The molecule has 0 spiro atoms. The Kier molecular flexibility index (Phi) is 5.12. The summed E-state index contributed by atoms with van der Waals surface area (Å²) in [5.74, 6) is 0.0356. The fraction of sp³-hybridized carbons (Fsp3) is 0.250. The fourth-order valence-corrected chi connectivity index (χ4v) is 3.01. The molecule has 7 nitrogen and oxygen atoms in total. The van der Waals surface area contributed by atoms with Crippen LogP contribution >= 0.6 is 0 Å². The van der Waals surface area contributed by atoms with Crippen LogP contribution in [-0.2, 0) is 6.54 Å². The molecule has 0 atom stereocenters. The number of methoxy groups -OCH3 is 1. The number of carbonyl (C=O) groups is 3. The quantitative estimate of drug-likeness (QED) is 0.795. The molecule has 0 saturated carbocycles. The van der Waals surface area contributed by atoms with E-state index in [1.807, 2.05) is 24.3 Å². The number of hydrogen-bond acceptors (Lipinski definition) is 4. The average molecular weight is 367 g/mol. The molecule has 0 fully saturated rings. The Bertz CT molecular complexity index is 908. The summed E-state index contributed by atoms with van der Waals surface area (Å²) in [6.45, 7) is 3.86. The standard InChI is InChI=1S/C20H21N3O4/c1-12(2)23-18(24)15-9-8-14(10-16(15)19(23)25)22-20(26)21-11-13-6-4-5-7-17(13)27-3/h4-10,12H,11H2,1-3H3,(H2,21,22,26). The highest BCUT2D eigenvalue weighted by Crippen LogP contribution is 2.27. The van der Waals surface area contributed by atoms with Crippen molar-refractivity contribution >= 4 is 23.5 Å². The third-order valence-electron chi connectivity index (χ3n) is 4.32. The number of nitrogens with zero attached hydrogens (tertiary/aromatic N) is 1. The van der Waals surface area contributed by atoms with Crippen LogP contribution in [0.25, 0.3) is 0 Å². The average Bonchev–Trinajstić information content (AvgIpc) is 2.90. The maximum absolute atomic E-state index is 12.4. The second kappa shape index (κ2) is 7.49. The first-order valence-electron chi connectivity index (χ1n) is 8.61. The molecule has 140 valence electrons. The van der Waals surface area contributed by atoms with Crippen molar-refractivity contribution in [2.45, 2.75) is 26.4 Å². The molecule has 0 aliphatic carbocycles. The molecule has 0 radical (unpaired) electrons. The van der Waals surface area contributed by atoms with E-state index in [-0.39, 0.29) is 17.9 Å². The first-order chi connectivity index (χ1) is 12.9. The SMILES string of the molecule is COc1ccccc1CNC(=O)Nc1ccc2c(c1)C(=O)N(C(C)C)C2=O. The van der Waals surface area contributed by atoms with Crippen molar-refractivity contribution in [3.05, 3.63) is 59.2 Å². The maximum atomic E-state index is 12.4. The predicted molar refractivity (Wildman–Crippen MR) is 101 cm³/mol. The highest BCUT2D eigenvalue weighted by molar-refractivity contribution is 6.22. The van der Waals surface area contributed by atoms with E-state index in [4.69, 9.17) is 4.74 Å². The topological polar surface area (TPSA) is 87.7 Å². The van der Waals surface area contributed by atoms with Crippen LogP contribution in [-0.4, -0.2) is 35.9 Å². The molecule has 0 unspecified atom stereocenters. The number of urea groups is 1. The summed E-state index contributed by atoms with van der Waals surface area (Å²) >= 11 is 0. The van der Waals surface area contributed by atoms with Crippen molar-refractivity contribution in [1.29, 1.82) is 0 Å². The molecule has 27 heavy (non-hydrogen) atoms. The summed E-state index contributed by atoms with van der Waals surface area (Å²) in [6.07, 6.45) is 0. The van der Waals surface area contributed by atoms with Crippen molar-refractivity contribution in [3.63, 3.8) is 0 Å². The lowest BCUT2D eigenvalue weighted by molar-refractivity contribution is 0.0609. The molecule has 4 amide bonds. The first-order valence-corrected chi connectivity index (χ1v) is 8.61. The molecule has 3 rings (SSSR count). The van der Waals surface area contributed by atoms with Crippen LogP contribution in [0, 0.1) is 0 Å². The van der Waals surface area contributed by atoms with Gasteiger partial charge in [-0.1, -0.05) is 18.2 Å². The molecule has 0 saturated heterocycles. The van der Waals surface area contributed by atoms with E-state index >= 15 is 0 Å². The number of imide groups is 1. The molecule has 2 N–H and O–H groups in total. The number of benzene rings is 2. The van der Waals surface area contributed by atoms with Crippen LogP contribution in [0.15, 0.2) is 42.5 Å².